The highest BCUT2D eigenvalue weighted by Gasteiger charge is 2.32. The van der Waals surface area contributed by atoms with Gasteiger partial charge in [-0.25, -0.2) is 8.42 Å². The van der Waals surface area contributed by atoms with Gasteiger partial charge in [-0.15, -0.1) is 0 Å². The van der Waals surface area contributed by atoms with E-state index in [0.29, 0.717) is 23.2 Å². The minimum Gasteiger partial charge on any atom is -0.326 e. The molecule has 0 saturated heterocycles. The van der Waals surface area contributed by atoms with Gasteiger partial charge in [0.15, 0.2) is 0 Å². The summed E-state index contributed by atoms with van der Waals surface area (Å²) in [5.74, 6) is -0.491. The molecule has 0 heterocycles. The van der Waals surface area contributed by atoms with Crippen LogP contribution in [0.2, 0.25) is 0 Å². The SMILES string of the molecule is CSCCC(NS(=O)(=O)c1cccc(C(F)(F)F)c1)C(=O)Nc1ccc(NC(C)=O)cc1. The Labute approximate surface area is 188 Å². The highest BCUT2D eigenvalue weighted by molar-refractivity contribution is 7.98. The van der Waals surface area contributed by atoms with Crippen LogP contribution in [0.25, 0.3) is 0 Å². The fourth-order valence-electron chi connectivity index (χ4n) is 2.64. The summed E-state index contributed by atoms with van der Waals surface area (Å²) in [5, 5.41) is 5.15. The number of hydrogen-bond acceptors (Lipinski definition) is 5. The van der Waals surface area contributed by atoms with E-state index in [1.165, 1.54) is 30.8 Å². The molecule has 2 rings (SSSR count). The third-order valence-corrected chi connectivity index (χ3v) is 6.28. The standard InChI is InChI=1S/C20H22F3N3O4S2/c1-13(27)24-15-6-8-16(9-7-15)25-19(28)18(10-11-31-2)26-32(29,30)17-5-3-4-14(12-17)20(21,22)23/h3-9,12,18,26H,10-11H2,1-2H3,(H,24,27)(H,25,28). The summed E-state index contributed by atoms with van der Waals surface area (Å²) in [4.78, 5) is 23.2. The van der Waals surface area contributed by atoms with Crippen molar-refractivity contribution in [3.05, 3.63) is 54.1 Å². The number of benzene rings is 2. The Bertz CT molecular complexity index is 1060. The molecule has 0 saturated carbocycles. The van der Waals surface area contributed by atoms with Crippen molar-refractivity contribution in [3.63, 3.8) is 0 Å². The third kappa shape index (κ3) is 7.53. The number of amides is 2. The lowest BCUT2D eigenvalue weighted by Crippen LogP contribution is -2.44. The fraction of sp³-hybridized carbons (Fsp3) is 0.300. The van der Waals surface area contributed by atoms with Crippen LogP contribution in [0.1, 0.15) is 18.9 Å². The highest BCUT2D eigenvalue weighted by atomic mass is 32.2. The van der Waals surface area contributed by atoms with Gasteiger partial charge in [0, 0.05) is 18.3 Å². The second-order valence-electron chi connectivity index (χ2n) is 6.73. The molecule has 0 fully saturated rings. The monoisotopic (exact) mass is 489 g/mol. The van der Waals surface area contributed by atoms with Gasteiger partial charge >= 0.3 is 6.18 Å². The average molecular weight is 490 g/mol. The van der Waals surface area contributed by atoms with Gasteiger partial charge in [-0.05, 0) is 60.9 Å². The Morgan fingerprint density at radius 2 is 1.62 bits per heavy atom. The van der Waals surface area contributed by atoms with Crippen LogP contribution in [-0.2, 0) is 25.8 Å². The fourth-order valence-corrected chi connectivity index (χ4v) is 4.39. The largest absolute Gasteiger partial charge is 0.416 e. The molecule has 7 nitrogen and oxygen atoms in total. The molecule has 1 unspecified atom stereocenters. The van der Waals surface area contributed by atoms with Crippen LogP contribution in [0.4, 0.5) is 24.5 Å². The topological polar surface area (TPSA) is 104 Å². The van der Waals surface area contributed by atoms with Crippen molar-refractivity contribution in [2.45, 2.75) is 30.5 Å². The lowest BCUT2D eigenvalue weighted by atomic mass is 10.2. The molecule has 0 aliphatic carbocycles. The lowest BCUT2D eigenvalue weighted by molar-refractivity contribution is -0.137. The summed E-state index contributed by atoms with van der Waals surface area (Å²) >= 11 is 1.39. The van der Waals surface area contributed by atoms with E-state index < -0.39 is 38.6 Å². The zero-order valence-corrected chi connectivity index (χ0v) is 18.8. The first-order valence-corrected chi connectivity index (χ1v) is 12.2. The molecule has 12 heteroatoms. The number of carbonyl (C=O) groups excluding carboxylic acids is 2. The van der Waals surface area contributed by atoms with Crippen LogP contribution >= 0.6 is 11.8 Å². The van der Waals surface area contributed by atoms with E-state index in [4.69, 9.17) is 0 Å². The Morgan fingerprint density at radius 3 is 2.16 bits per heavy atom. The molecular weight excluding hydrogens is 467 g/mol. The van der Waals surface area contributed by atoms with Gasteiger partial charge in [0.1, 0.15) is 6.04 Å². The smallest absolute Gasteiger partial charge is 0.326 e. The van der Waals surface area contributed by atoms with Crippen molar-refractivity contribution >= 4 is 45.0 Å². The molecule has 0 radical (unpaired) electrons. The summed E-state index contributed by atoms with van der Waals surface area (Å²) < 4.78 is 66.4. The zero-order chi connectivity index (χ0) is 23.9. The maximum absolute atomic E-state index is 12.9. The second-order valence-corrected chi connectivity index (χ2v) is 9.43. The molecular formula is C20H22F3N3O4S2. The van der Waals surface area contributed by atoms with E-state index in [9.17, 15) is 31.2 Å². The van der Waals surface area contributed by atoms with Gasteiger partial charge in [-0.3, -0.25) is 9.59 Å². The van der Waals surface area contributed by atoms with Crippen LogP contribution in [0.3, 0.4) is 0 Å². The van der Waals surface area contributed by atoms with Crippen LogP contribution < -0.4 is 15.4 Å². The molecule has 2 amide bonds. The van der Waals surface area contributed by atoms with Gasteiger partial charge in [-0.2, -0.15) is 29.7 Å². The quantitative estimate of drug-likeness (QED) is 0.498. The number of halogens is 3. The summed E-state index contributed by atoms with van der Waals surface area (Å²) in [7, 11) is -4.40. The summed E-state index contributed by atoms with van der Waals surface area (Å²) in [6.45, 7) is 1.35. The average Bonchev–Trinajstić information content (AvgIpc) is 2.71. The van der Waals surface area contributed by atoms with Crippen molar-refractivity contribution in [1.29, 1.82) is 0 Å². The van der Waals surface area contributed by atoms with Gasteiger partial charge in [0.25, 0.3) is 0 Å². The van der Waals surface area contributed by atoms with Gasteiger partial charge in [0.05, 0.1) is 10.5 Å². The van der Waals surface area contributed by atoms with Crippen molar-refractivity contribution in [2.24, 2.45) is 0 Å². The molecule has 0 aromatic heterocycles. The van der Waals surface area contributed by atoms with Crippen molar-refractivity contribution in [1.82, 2.24) is 4.72 Å². The normalized spacial score (nSPS) is 12.8. The van der Waals surface area contributed by atoms with Crippen molar-refractivity contribution in [3.8, 4) is 0 Å². The Morgan fingerprint density at radius 1 is 1.03 bits per heavy atom. The molecule has 2 aromatic carbocycles. The number of thioether (sulfide) groups is 1. The van der Waals surface area contributed by atoms with Gasteiger partial charge in [-0.1, -0.05) is 6.07 Å². The van der Waals surface area contributed by atoms with Crippen LogP contribution in [0, 0.1) is 0 Å². The lowest BCUT2D eigenvalue weighted by Gasteiger charge is -2.19. The van der Waals surface area contributed by atoms with E-state index in [-0.39, 0.29) is 12.3 Å². The summed E-state index contributed by atoms with van der Waals surface area (Å²) in [6, 6.07) is 8.26. The van der Waals surface area contributed by atoms with E-state index in [1.807, 2.05) is 0 Å². The number of rotatable bonds is 9. The number of hydrogen-bond donors (Lipinski definition) is 3. The number of sulfonamides is 1. The van der Waals surface area contributed by atoms with E-state index in [1.54, 1.807) is 18.4 Å². The maximum atomic E-state index is 12.9. The van der Waals surface area contributed by atoms with Crippen LogP contribution in [-0.4, -0.2) is 38.3 Å². The van der Waals surface area contributed by atoms with Gasteiger partial charge in [0.2, 0.25) is 21.8 Å². The predicted molar refractivity (Wildman–Crippen MR) is 118 cm³/mol. The van der Waals surface area contributed by atoms with Crippen molar-refractivity contribution < 1.29 is 31.2 Å². The molecule has 1 atom stereocenters. The summed E-state index contributed by atoms with van der Waals surface area (Å²) in [6.07, 6.45) is -2.81. The number of alkyl halides is 3. The molecule has 3 N–H and O–H groups in total. The number of anilines is 2. The molecule has 32 heavy (non-hydrogen) atoms. The zero-order valence-electron chi connectivity index (χ0n) is 17.2. The van der Waals surface area contributed by atoms with E-state index >= 15 is 0 Å². The molecule has 0 aliphatic heterocycles. The first-order valence-electron chi connectivity index (χ1n) is 9.29. The number of carbonyl (C=O) groups is 2. The maximum Gasteiger partial charge on any atom is 0.416 e. The molecule has 0 bridgehead atoms. The second kappa shape index (κ2) is 10.8. The first kappa shape index (κ1) is 25.7. The Balaban J connectivity index is 2.20. The third-order valence-electron chi connectivity index (χ3n) is 4.17. The minimum absolute atomic E-state index is 0.120. The number of nitrogens with one attached hydrogen (secondary N) is 3. The van der Waals surface area contributed by atoms with Gasteiger partial charge < -0.3 is 10.6 Å². The van der Waals surface area contributed by atoms with Crippen LogP contribution in [0.5, 0.6) is 0 Å². The highest BCUT2D eigenvalue weighted by Crippen LogP contribution is 2.30. The predicted octanol–water partition coefficient (Wildman–Crippen LogP) is 3.70. The Hall–Kier alpha value is -2.57. The van der Waals surface area contributed by atoms with E-state index in [0.717, 1.165) is 18.2 Å². The van der Waals surface area contributed by atoms with Crippen LogP contribution in [0.15, 0.2) is 53.4 Å². The molecule has 0 aliphatic rings. The van der Waals surface area contributed by atoms with E-state index in [2.05, 4.69) is 15.4 Å². The summed E-state index contributed by atoms with van der Waals surface area (Å²) in [5.41, 5.74) is -0.235. The molecule has 174 valence electrons. The molecule has 0 spiro atoms. The first-order chi connectivity index (χ1) is 14.9. The van der Waals surface area contributed by atoms with Crippen molar-refractivity contribution in [2.75, 3.05) is 22.6 Å². The Kier molecular flexibility index (Phi) is 8.70. The molecule has 2 aromatic rings. The minimum atomic E-state index is -4.70.